The molecule has 0 spiro atoms. The summed E-state index contributed by atoms with van der Waals surface area (Å²) in [5.41, 5.74) is 10.4. The lowest BCUT2D eigenvalue weighted by Gasteiger charge is -2.12. The molecule has 8 aromatic carbocycles. The minimum Gasteiger partial charge on any atom is -0.247 e. The Morgan fingerprint density at radius 2 is 0.611 bits per heavy atom. The number of fused-ring (bicyclic) bond motifs is 4. The minimum atomic E-state index is 0.634. The van der Waals surface area contributed by atoms with E-state index in [1.54, 1.807) is 0 Å². The van der Waals surface area contributed by atoms with Gasteiger partial charge < -0.3 is 0 Å². The summed E-state index contributed by atoms with van der Waals surface area (Å²) >= 11 is 0. The largest absolute Gasteiger partial charge is 0.247 e. The standard InChI is InChI=1S/C50H32N4/c1-3-11-33(12-4-1)34-21-27-39(28-22-34)49-52-48(38-13-5-2-6-14-38)53-50(54-49)40-29-23-36(24-30-40)35-19-25-37(26-20-35)47-45-32-42-16-8-7-15-41(42)31-44(45)43-17-9-10-18-46(43)51-47/h1-32H. The first-order valence-electron chi connectivity index (χ1n) is 18.1. The van der Waals surface area contributed by atoms with Gasteiger partial charge in [0, 0.05) is 33.0 Å². The predicted octanol–water partition coefficient (Wildman–Crippen LogP) is 12.7. The van der Waals surface area contributed by atoms with Gasteiger partial charge in [-0.15, -0.1) is 0 Å². The molecule has 4 nitrogen and oxygen atoms in total. The van der Waals surface area contributed by atoms with Crippen LogP contribution >= 0.6 is 0 Å². The Morgan fingerprint density at radius 3 is 1.15 bits per heavy atom. The summed E-state index contributed by atoms with van der Waals surface area (Å²) in [6.07, 6.45) is 0. The lowest BCUT2D eigenvalue weighted by atomic mass is 9.95. The van der Waals surface area contributed by atoms with E-state index in [-0.39, 0.29) is 0 Å². The topological polar surface area (TPSA) is 51.6 Å². The van der Waals surface area contributed by atoms with Gasteiger partial charge in [-0.1, -0.05) is 176 Å². The van der Waals surface area contributed by atoms with Crippen molar-refractivity contribution in [2.45, 2.75) is 0 Å². The smallest absolute Gasteiger partial charge is 0.164 e. The second-order valence-corrected chi connectivity index (χ2v) is 13.5. The van der Waals surface area contributed by atoms with E-state index in [2.05, 4.69) is 158 Å². The van der Waals surface area contributed by atoms with E-state index < -0.39 is 0 Å². The summed E-state index contributed by atoms with van der Waals surface area (Å²) < 4.78 is 0. The van der Waals surface area contributed by atoms with Gasteiger partial charge in [0.15, 0.2) is 17.5 Å². The van der Waals surface area contributed by atoms with E-state index in [9.17, 15) is 0 Å². The van der Waals surface area contributed by atoms with Crippen LogP contribution in [0.1, 0.15) is 0 Å². The third-order valence-electron chi connectivity index (χ3n) is 10.1. The third-order valence-corrected chi connectivity index (χ3v) is 10.1. The number of aromatic nitrogens is 4. The fourth-order valence-corrected chi connectivity index (χ4v) is 7.28. The lowest BCUT2D eigenvalue weighted by molar-refractivity contribution is 1.07. The molecular weight excluding hydrogens is 657 g/mol. The zero-order chi connectivity index (χ0) is 35.8. The molecule has 0 aliphatic carbocycles. The van der Waals surface area contributed by atoms with Gasteiger partial charge in [0.1, 0.15) is 0 Å². The average Bonchev–Trinajstić information content (AvgIpc) is 3.26. The zero-order valence-electron chi connectivity index (χ0n) is 29.3. The van der Waals surface area contributed by atoms with Crippen molar-refractivity contribution in [2.24, 2.45) is 0 Å². The molecule has 2 aromatic heterocycles. The van der Waals surface area contributed by atoms with Gasteiger partial charge in [-0.2, -0.15) is 0 Å². The number of hydrogen-bond acceptors (Lipinski definition) is 4. The Hall–Kier alpha value is -7.30. The second-order valence-electron chi connectivity index (χ2n) is 13.5. The molecule has 2 heterocycles. The van der Waals surface area contributed by atoms with Crippen molar-refractivity contribution >= 4 is 32.4 Å². The number of hydrogen-bond donors (Lipinski definition) is 0. The molecule has 0 atom stereocenters. The zero-order valence-corrected chi connectivity index (χ0v) is 29.3. The second kappa shape index (κ2) is 13.4. The minimum absolute atomic E-state index is 0.634. The Kier molecular flexibility index (Phi) is 7.77. The van der Waals surface area contributed by atoms with Crippen LogP contribution in [0.2, 0.25) is 0 Å². The van der Waals surface area contributed by atoms with E-state index in [4.69, 9.17) is 19.9 Å². The number of nitrogens with zero attached hydrogens (tertiary/aromatic N) is 4. The van der Waals surface area contributed by atoms with Crippen molar-refractivity contribution in [1.29, 1.82) is 0 Å². The van der Waals surface area contributed by atoms with Crippen LogP contribution in [0.5, 0.6) is 0 Å². The molecule has 0 fully saturated rings. The molecule has 0 N–H and O–H groups in total. The maximum absolute atomic E-state index is 5.18. The van der Waals surface area contributed by atoms with Crippen LogP contribution in [0.25, 0.3) is 100 Å². The van der Waals surface area contributed by atoms with Crippen LogP contribution in [0.3, 0.4) is 0 Å². The average molecular weight is 689 g/mol. The molecule has 0 amide bonds. The van der Waals surface area contributed by atoms with Crippen LogP contribution in [0.4, 0.5) is 0 Å². The Labute approximate surface area is 313 Å². The van der Waals surface area contributed by atoms with Crippen molar-refractivity contribution in [1.82, 2.24) is 19.9 Å². The highest BCUT2D eigenvalue weighted by atomic mass is 15.0. The number of pyridine rings is 1. The molecule has 10 rings (SSSR count). The number of rotatable bonds is 6. The highest BCUT2D eigenvalue weighted by Gasteiger charge is 2.15. The van der Waals surface area contributed by atoms with Crippen LogP contribution in [-0.4, -0.2) is 19.9 Å². The van der Waals surface area contributed by atoms with Crippen molar-refractivity contribution in [2.75, 3.05) is 0 Å². The molecule has 0 aliphatic heterocycles. The fraction of sp³-hybridized carbons (Fsp3) is 0. The molecule has 10 aromatic rings. The van der Waals surface area contributed by atoms with Crippen LogP contribution in [-0.2, 0) is 0 Å². The van der Waals surface area contributed by atoms with Gasteiger partial charge in [0.05, 0.1) is 11.2 Å². The molecule has 4 heteroatoms. The lowest BCUT2D eigenvalue weighted by Crippen LogP contribution is -2.00. The monoisotopic (exact) mass is 688 g/mol. The fourth-order valence-electron chi connectivity index (χ4n) is 7.28. The Bertz CT molecular complexity index is 2940. The summed E-state index contributed by atoms with van der Waals surface area (Å²) in [5.74, 6) is 1.92. The van der Waals surface area contributed by atoms with Gasteiger partial charge >= 0.3 is 0 Å². The van der Waals surface area contributed by atoms with Gasteiger partial charge in [-0.25, -0.2) is 19.9 Å². The molecule has 54 heavy (non-hydrogen) atoms. The van der Waals surface area contributed by atoms with Crippen LogP contribution in [0, 0.1) is 0 Å². The van der Waals surface area contributed by atoms with Gasteiger partial charge in [0.25, 0.3) is 0 Å². The SMILES string of the molecule is c1ccc(-c2ccc(-c3nc(-c4ccccc4)nc(-c4ccc(-c5ccc(-c6nc7ccccc7c7cc8ccccc8cc67)cc5)cc4)n3)cc2)cc1. The van der Waals surface area contributed by atoms with Crippen LogP contribution in [0.15, 0.2) is 194 Å². The van der Waals surface area contributed by atoms with E-state index in [1.807, 2.05) is 36.4 Å². The molecule has 0 saturated carbocycles. The van der Waals surface area contributed by atoms with Gasteiger partial charge in [0.2, 0.25) is 0 Å². The van der Waals surface area contributed by atoms with Gasteiger partial charge in [-0.05, 0) is 56.6 Å². The van der Waals surface area contributed by atoms with Gasteiger partial charge in [-0.3, -0.25) is 0 Å². The number of para-hydroxylation sites is 1. The quantitative estimate of drug-likeness (QED) is 0.129. The maximum atomic E-state index is 5.18. The summed E-state index contributed by atoms with van der Waals surface area (Å²) in [6.45, 7) is 0. The van der Waals surface area contributed by atoms with Crippen molar-refractivity contribution in [3.05, 3.63) is 194 Å². The maximum Gasteiger partial charge on any atom is 0.164 e. The first-order chi connectivity index (χ1) is 26.7. The highest BCUT2D eigenvalue weighted by molar-refractivity contribution is 6.15. The van der Waals surface area contributed by atoms with Crippen LogP contribution < -0.4 is 0 Å². The highest BCUT2D eigenvalue weighted by Crippen LogP contribution is 2.36. The van der Waals surface area contributed by atoms with E-state index >= 15 is 0 Å². The molecule has 0 radical (unpaired) electrons. The summed E-state index contributed by atoms with van der Waals surface area (Å²) in [4.78, 5) is 20.0. The predicted molar refractivity (Wildman–Crippen MR) is 223 cm³/mol. The first kappa shape index (κ1) is 31.4. The van der Waals surface area contributed by atoms with E-state index in [0.29, 0.717) is 17.5 Å². The molecule has 0 saturated heterocycles. The molecular formula is C50H32N4. The summed E-state index contributed by atoms with van der Waals surface area (Å²) in [7, 11) is 0. The van der Waals surface area contributed by atoms with E-state index in [1.165, 1.54) is 27.1 Å². The summed E-state index contributed by atoms with van der Waals surface area (Å²) in [6, 6.07) is 67.6. The molecule has 252 valence electrons. The van der Waals surface area contributed by atoms with E-state index in [0.717, 1.165) is 55.5 Å². The molecule has 0 unspecified atom stereocenters. The molecule has 0 aliphatic rings. The Balaban J connectivity index is 0.990. The van der Waals surface area contributed by atoms with Crippen molar-refractivity contribution in [3.8, 4) is 67.7 Å². The van der Waals surface area contributed by atoms with Crippen molar-refractivity contribution in [3.63, 3.8) is 0 Å². The normalized spacial score (nSPS) is 11.3. The third kappa shape index (κ3) is 5.86. The molecule has 0 bridgehead atoms. The number of benzene rings is 8. The Morgan fingerprint density at radius 1 is 0.241 bits per heavy atom. The summed E-state index contributed by atoms with van der Waals surface area (Å²) in [5, 5.41) is 5.98. The first-order valence-corrected chi connectivity index (χ1v) is 18.1. The van der Waals surface area contributed by atoms with Crippen molar-refractivity contribution < 1.29 is 0 Å².